The summed E-state index contributed by atoms with van der Waals surface area (Å²) in [6.45, 7) is 0.488. The summed E-state index contributed by atoms with van der Waals surface area (Å²) >= 11 is 1.56. The molecule has 0 aliphatic heterocycles. The van der Waals surface area contributed by atoms with E-state index < -0.39 is 17.8 Å². The van der Waals surface area contributed by atoms with Gasteiger partial charge in [-0.1, -0.05) is 12.1 Å². The van der Waals surface area contributed by atoms with Gasteiger partial charge in [0.1, 0.15) is 6.04 Å². The van der Waals surface area contributed by atoms with Crippen molar-refractivity contribution in [2.45, 2.75) is 12.6 Å². The maximum Gasteiger partial charge on any atom is 0.325 e. The first-order valence-corrected chi connectivity index (χ1v) is 7.19. The van der Waals surface area contributed by atoms with Gasteiger partial charge in [-0.2, -0.15) is 0 Å². The molecule has 6 heteroatoms. The molecule has 1 unspecified atom stereocenters. The van der Waals surface area contributed by atoms with E-state index in [0.717, 1.165) is 4.88 Å². The Balaban J connectivity index is 2.26. The molecular weight excluding hydrogens is 293 g/mol. The molecule has 1 heterocycles. The molecule has 0 amide bonds. The lowest BCUT2D eigenvalue weighted by atomic mass is 10.1. The number of carboxylic acids is 1. The van der Waals surface area contributed by atoms with Gasteiger partial charge in [0.2, 0.25) is 0 Å². The first kappa shape index (κ1) is 15.5. The smallest absolute Gasteiger partial charge is 0.325 e. The topological polar surface area (TPSA) is 49.8 Å². The minimum Gasteiger partial charge on any atom is -0.494 e. The number of likely N-dealkylation sites (N-methyl/N-ethyl adjacent to an activating group) is 1. The van der Waals surface area contributed by atoms with Crippen molar-refractivity contribution in [1.29, 1.82) is 0 Å². The molecular formula is C15H16FNO3S. The highest BCUT2D eigenvalue weighted by atomic mass is 32.1. The molecule has 112 valence electrons. The Labute approximate surface area is 126 Å². The summed E-state index contributed by atoms with van der Waals surface area (Å²) in [6.07, 6.45) is 0. The quantitative estimate of drug-likeness (QED) is 0.890. The number of carboxylic acid groups (broad SMARTS) is 1. The van der Waals surface area contributed by atoms with Crippen LogP contribution in [0.25, 0.3) is 0 Å². The molecule has 0 saturated heterocycles. The van der Waals surface area contributed by atoms with Gasteiger partial charge in [0, 0.05) is 11.4 Å². The highest BCUT2D eigenvalue weighted by Crippen LogP contribution is 2.27. The number of carbonyl (C=O) groups is 1. The number of hydrogen-bond acceptors (Lipinski definition) is 4. The number of benzene rings is 1. The lowest BCUT2D eigenvalue weighted by molar-refractivity contribution is -0.143. The summed E-state index contributed by atoms with van der Waals surface area (Å²) < 4.78 is 18.6. The van der Waals surface area contributed by atoms with Crippen LogP contribution in [0.5, 0.6) is 5.75 Å². The van der Waals surface area contributed by atoms with E-state index in [2.05, 4.69) is 0 Å². The average molecular weight is 309 g/mol. The lowest BCUT2D eigenvalue weighted by Gasteiger charge is -2.24. The largest absolute Gasteiger partial charge is 0.494 e. The molecule has 0 aliphatic carbocycles. The van der Waals surface area contributed by atoms with Gasteiger partial charge in [0.25, 0.3) is 0 Å². The van der Waals surface area contributed by atoms with Crippen LogP contribution in [0.4, 0.5) is 4.39 Å². The summed E-state index contributed by atoms with van der Waals surface area (Å²) in [5, 5.41) is 11.4. The molecule has 21 heavy (non-hydrogen) atoms. The van der Waals surface area contributed by atoms with Crippen LogP contribution >= 0.6 is 11.3 Å². The summed E-state index contributed by atoms with van der Waals surface area (Å²) in [6, 6.07) is 7.17. The molecule has 2 rings (SSSR count). The van der Waals surface area contributed by atoms with Crippen LogP contribution in [0.15, 0.2) is 35.7 Å². The standard InChI is InChI=1S/C15H16FNO3S/c1-17(9-11-4-3-7-21-11)14(15(18)19)10-5-6-13(20-2)12(16)8-10/h3-8,14H,9H2,1-2H3,(H,18,19). The molecule has 1 atom stereocenters. The van der Waals surface area contributed by atoms with Crippen molar-refractivity contribution < 1.29 is 19.0 Å². The normalized spacial score (nSPS) is 12.4. The molecule has 1 N–H and O–H groups in total. The fourth-order valence-corrected chi connectivity index (χ4v) is 2.95. The molecule has 1 aromatic heterocycles. The van der Waals surface area contributed by atoms with E-state index in [4.69, 9.17) is 4.74 Å². The second kappa shape index (κ2) is 6.69. The van der Waals surface area contributed by atoms with E-state index in [1.54, 1.807) is 29.4 Å². The number of thiophene rings is 1. The molecule has 4 nitrogen and oxygen atoms in total. The van der Waals surface area contributed by atoms with Gasteiger partial charge < -0.3 is 9.84 Å². The van der Waals surface area contributed by atoms with Gasteiger partial charge in [-0.25, -0.2) is 4.39 Å². The van der Waals surface area contributed by atoms with Gasteiger partial charge in [0.05, 0.1) is 7.11 Å². The third kappa shape index (κ3) is 3.59. The number of nitrogens with zero attached hydrogens (tertiary/aromatic N) is 1. The number of methoxy groups -OCH3 is 1. The maximum atomic E-state index is 13.8. The van der Waals surface area contributed by atoms with Gasteiger partial charge in [-0.3, -0.25) is 9.69 Å². The van der Waals surface area contributed by atoms with Crippen LogP contribution in [0.2, 0.25) is 0 Å². The van der Waals surface area contributed by atoms with Gasteiger partial charge in [-0.05, 0) is 36.2 Å². The Morgan fingerprint density at radius 1 is 1.48 bits per heavy atom. The van der Waals surface area contributed by atoms with Crippen LogP contribution in [0.1, 0.15) is 16.5 Å². The van der Waals surface area contributed by atoms with Crippen molar-refractivity contribution in [2.24, 2.45) is 0 Å². The van der Waals surface area contributed by atoms with E-state index in [1.807, 2.05) is 17.5 Å². The Hall–Kier alpha value is -1.92. The molecule has 0 fully saturated rings. The number of hydrogen-bond donors (Lipinski definition) is 1. The molecule has 0 aliphatic rings. The monoisotopic (exact) mass is 309 g/mol. The van der Waals surface area contributed by atoms with Crippen LogP contribution in [0.3, 0.4) is 0 Å². The van der Waals surface area contributed by atoms with Crippen molar-refractivity contribution in [3.8, 4) is 5.75 Å². The number of aliphatic carboxylic acids is 1. The summed E-state index contributed by atoms with van der Waals surface area (Å²) in [5.41, 5.74) is 0.389. The third-order valence-corrected chi connectivity index (χ3v) is 4.01. The Morgan fingerprint density at radius 2 is 2.24 bits per heavy atom. The highest BCUT2D eigenvalue weighted by Gasteiger charge is 2.26. The minimum absolute atomic E-state index is 0.101. The predicted octanol–water partition coefficient (Wildman–Crippen LogP) is 3.15. The highest BCUT2D eigenvalue weighted by molar-refractivity contribution is 7.09. The lowest BCUT2D eigenvalue weighted by Crippen LogP contribution is -2.30. The maximum absolute atomic E-state index is 13.8. The number of rotatable bonds is 6. The van der Waals surface area contributed by atoms with Gasteiger partial charge in [-0.15, -0.1) is 11.3 Å². The minimum atomic E-state index is -1.02. The van der Waals surface area contributed by atoms with E-state index >= 15 is 0 Å². The van der Waals surface area contributed by atoms with Crippen molar-refractivity contribution >= 4 is 17.3 Å². The summed E-state index contributed by atoms with van der Waals surface area (Å²) in [4.78, 5) is 14.3. The molecule has 0 saturated carbocycles. The van der Waals surface area contributed by atoms with Crippen molar-refractivity contribution in [3.63, 3.8) is 0 Å². The van der Waals surface area contributed by atoms with Crippen LogP contribution < -0.4 is 4.74 Å². The Kier molecular flexibility index (Phi) is 4.93. The second-order valence-electron chi connectivity index (χ2n) is 4.63. The van der Waals surface area contributed by atoms with Crippen molar-refractivity contribution in [2.75, 3.05) is 14.2 Å². The zero-order valence-corrected chi connectivity index (χ0v) is 12.6. The Bertz CT molecular complexity index is 615. The first-order valence-electron chi connectivity index (χ1n) is 6.31. The second-order valence-corrected chi connectivity index (χ2v) is 5.66. The predicted molar refractivity (Wildman–Crippen MR) is 79.1 cm³/mol. The van der Waals surface area contributed by atoms with E-state index in [0.29, 0.717) is 12.1 Å². The fourth-order valence-electron chi connectivity index (χ4n) is 2.18. The van der Waals surface area contributed by atoms with Gasteiger partial charge >= 0.3 is 5.97 Å². The number of halogens is 1. The fraction of sp³-hybridized carbons (Fsp3) is 0.267. The van der Waals surface area contributed by atoms with E-state index in [-0.39, 0.29) is 5.75 Å². The summed E-state index contributed by atoms with van der Waals surface area (Å²) in [5.74, 6) is -1.48. The molecule has 0 radical (unpaired) electrons. The van der Waals surface area contributed by atoms with Crippen molar-refractivity contribution in [1.82, 2.24) is 4.90 Å². The zero-order chi connectivity index (χ0) is 15.4. The van der Waals surface area contributed by atoms with Crippen LogP contribution in [-0.2, 0) is 11.3 Å². The molecule has 0 spiro atoms. The molecule has 0 bridgehead atoms. The SMILES string of the molecule is COc1ccc(C(C(=O)O)N(C)Cc2cccs2)cc1F. The molecule has 1 aromatic carbocycles. The van der Waals surface area contributed by atoms with E-state index in [1.165, 1.54) is 19.2 Å². The zero-order valence-electron chi connectivity index (χ0n) is 11.7. The Morgan fingerprint density at radius 3 is 2.76 bits per heavy atom. The van der Waals surface area contributed by atoms with Crippen LogP contribution in [0, 0.1) is 5.82 Å². The average Bonchev–Trinajstić information content (AvgIpc) is 2.91. The van der Waals surface area contributed by atoms with Gasteiger partial charge in [0.15, 0.2) is 11.6 Å². The first-order chi connectivity index (χ1) is 10.0. The molecule has 2 aromatic rings. The van der Waals surface area contributed by atoms with Crippen LogP contribution in [-0.4, -0.2) is 30.1 Å². The van der Waals surface area contributed by atoms with Crippen molar-refractivity contribution in [3.05, 3.63) is 52.0 Å². The number of ether oxygens (including phenoxy) is 1. The summed E-state index contributed by atoms with van der Waals surface area (Å²) in [7, 11) is 3.08. The third-order valence-electron chi connectivity index (χ3n) is 3.15. The van der Waals surface area contributed by atoms with E-state index in [9.17, 15) is 14.3 Å².